The number of halogens is 2. The fourth-order valence-electron chi connectivity index (χ4n) is 1.58. The normalized spacial score (nSPS) is 25.6. The Bertz CT molecular complexity index is 219. The van der Waals surface area contributed by atoms with Crippen molar-refractivity contribution < 1.29 is 4.74 Å². The molecule has 0 N–H and O–H groups in total. The summed E-state index contributed by atoms with van der Waals surface area (Å²) < 4.78 is 6.60. The minimum Gasteiger partial charge on any atom is -0.367 e. The molecule has 1 aliphatic rings. The fourth-order valence-corrected chi connectivity index (χ4v) is 1.96. The lowest BCUT2D eigenvalue weighted by molar-refractivity contribution is 0.314. The topological polar surface area (TPSA) is 12.5 Å². The van der Waals surface area contributed by atoms with Gasteiger partial charge in [-0.3, -0.25) is 0 Å². The van der Waals surface area contributed by atoms with Crippen molar-refractivity contribution in [3.05, 3.63) is 9.47 Å². The highest BCUT2D eigenvalue weighted by molar-refractivity contribution is 9.28. The van der Waals surface area contributed by atoms with Gasteiger partial charge in [-0.05, 0) is 70.9 Å². The molecule has 0 radical (unpaired) electrons. The van der Waals surface area contributed by atoms with Gasteiger partial charge in [-0.15, -0.1) is 0 Å². The fraction of sp³-hybridized carbons (Fsp3) is 0.818. The molecule has 14 heavy (non-hydrogen) atoms. The smallest absolute Gasteiger partial charge is 0.0892 e. The average Bonchev–Trinajstić information content (AvgIpc) is 2.67. The van der Waals surface area contributed by atoms with E-state index in [-0.39, 0.29) is 5.60 Å². The maximum Gasteiger partial charge on any atom is 0.0892 e. The van der Waals surface area contributed by atoms with Crippen LogP contribution >= 0.6 is 31.9 Å². The molecule has 2 atom stereocenters. The molecule has 0 aromatic heterocycles. The van der Waals surface area contributed by atoms with E-state index >= 15 is 0 Å². The van der Waals surface area contributed by atoms with Crippen LogP contribution in [-0.2, 0) is 4.74 Å². The molecular formula is C11H18Br2O. The van der Waals surface area contributed by atoms with Gasteiger partial charge in [0, 0.05) is 0 Å². The van der Waals surface area contributed by atoms with Gasteiger partial charge in [0.15, 0.2) is 0 Å². The summed E-state index contributed by atoms with van der Waals surface area (Å²) >= 11 is 6.73. The van der Waals surface area contributed by atoms with Crippen molar-refractivity contribution >= 4 is 31.9 Å². The molecule has 0 aromatic rings. The Morgan fingerprint density at radius 2 is 2.07 bits per heavy atom. The monoisotopic (exact) mass is 324 g/mol. The van der Waals surface area contributed by atoms with Crippen molar-refractivity contribution in [1.82, 2.24) is 0 Å². The highest BCUT2D eigenvalue weighted by atomic mass is 79.9. The Kier molecular flexibility index (Phi) is 4.66. The van der Waals surface area contributed by atoms with Crippen LogP contribution in [-0.4, -0.2) is 11.7 Å². The van der Waals surface area contributed by atoms with Gasteiger partial charge < -0.3 is 4.74 Å². The highest BCUT2D eigenvalue weighted by Crippen LogP contribution is 2.39. The molecule has 1 rings (SSSR count). The summed E-state index contributed by atoms with van der Waals surface area (Å²) in [5.41, 5.74) is 0.158. The van der Waals surface area contributed by atoms with Crippen LogP contribution in [0.4, 0.5) is 0 Å². The second kappa shape index (κ2) is 5.13. The van der Waals surface area contributed by atoms with Gasteiger partial charge in [0.2, 0.25) is 0 Å². The van der Waals surface area contributed by atoms with E-state index in [2.05, 4.69) is 58.7 Å². The van der Waals surface area contributed by atoms with Gasteiger partial charge in [-0.2, -0.15) is 0 Å². The molecule has 82 valence electrons. The van der Waals surface area contributed by atoms with E-state index in [1.165, 1.54) is 12.8 Å². The molecule has 0 amide bonds. The summed E-state index contributed by atoms with van der Waals surface area (Å²) in [4.78, 5) is 0. The van der Waals surface area contributed by atoms with Crippen molar-refractivity contribution in [2.45, 2.75) is 51.7 Å². The molecule has 1 saturated heterocycles. The molecule has 3 heteroatoms. The minimum atomic E-state index is 0.158. The van der Waals surface area contributed by atoms with E-state index in [4.69, 9.17) is 4.74 Å². The van der Waals surface area contributed by atoms with E-state index in [1.807, 2.05) is 0 Å². The molecule has 0 aliphatic carbocycles. The first-order valence-electron chi connectivity index (χ1n) is 5.11. The first kappa shape index (κ1) is 12.7. The van der Waals surface area contributed by atoms with Crippen LogP contribution in [0.2, 0.25) is 0 Å². The Morgan fingerprint density at radius 3 is 2.50 bits per heavy atom. The lowest BCUT2D eigenvalue weighted by Crippen LogP contribution is -2.04. The zero-order valence-electron chi connectivity index (χ0n) is 9.02. The van der Waals surface area contributed by atoms with E-state index in [9.17, 15) is 0 Å². The van der Waals surface area contributed by atoms with Gasteiger partial charge in [0.1, 0.15) is 0 Å². The van der Waals surface area contributed by atoms with Crippen LogP contribution < -0.4 is 0 Å². The van der Waals surface area contributed by atoms with E-state index in [0.29, 0.717) is 6.10 Å². The van der Waals surface area contributed by atoms with Crippen molar-refractivity contribution in [3.8, 4) is 0 Å². The van der Waals surface area contributed by atoms with Crippen LogP contribution in [0.25, 0.3) is 0 Å². The lowest BCUT2D eigenvalue weighted by atomic mass is 9.97. The zero-order valence-corrected chi connectivity index (χ0v) is 12.2. The third-order valence-corrected chi connectivity index (χ3v) is 3.41. The molecule has 1 unspecified atom stereocenters. The average molecular weight is 326 g/mol. The quantitative estimate of drug-likeness (QED) is 0.673. The third-order valence-electron chi connectivity index (χ3n) is 2.76. The van der Waals surface area contributed by atoms with E-state index < -0.39 is 0 Å². The predicted octanol–water partition coefficient (Wildman–Crippen LogP) is 4.60. The molecule has 0 spiro atoms. The summed E-state index contributed by atoms with van der Waals surface area (Å²) in [6.07, 6.45) is 6.24. The summed E-state index contributed by atoms with van der Waals surface area (Å²) in [6, 6.07) is 0. The molecule has 0 aromatic carbocycles. The first-order chi connectivity index (χ1) is 6.42. The Morgan fingerprint density at radius 1 is 1.50 bits per heavy atom. The number of allylic oxidation sites excluding steroid dienone is 1. The van der Waals surface area contributed by atoms with Gasteiger partial charge >= 0.3 is 0 Å². The molecular weight excluding hydrogens is 308 g/mol. The molecule has 0 bridgehead atoms. The van der Waals surface area contributed by atoms with Crippen LogP contribution in [0, 0.1) is 5.92 Å². The Labute approximate surface area is 104 Å². The predicted molar refractivity (Wildman–Crippen MR) is 67.9 cm³/mol. The minimum absolute atomic E-state index is 0.158. The summed E-state index contributed by atoms with van der Waals surface area (Å²) in [7, 11) is 0. The molecule has 1 heterocycles. The second-order valence-corrected chi connectivity index (χ2v) is 7.39. The Hall–Kier alpha value is 0.660. The number of epoxide rings is 1. The maximum absolute atomic E-state index is 5.55. The standard InChI is InChI=1S/C11H18Br2O/c1-8(5-7-10(12)13)4-6-9-11(2,3)14-9/h7-9H,4-6H2,1-3H3/t8-,9?/m1/s1. The van der Waals surface area contributed by atoms with Crippen LogP contribution in [0.3, 0.4) is 0 Å². The second-order valence-electron chi connectivity index (χ2n) is 4.62. The van der Waals surface area contributed by atoms with Crippen molar-refractivity contribution in [3.63, 3.8) is 0 Å². The highest BCUT2D eigenvalue weighted by Gasteiger charge is 2.46. The zero-order chi connectivity index (χ0) is 10.8. The van der Waals surface area contributed by atoms with Crippen molar-refractivity contribution in [2.24, 2.45) is 5.92 Å². The van der Waals surface area contributed by atoms with Crippen LogP contribution in [0.15, 0.2) is 9.47 Å². The number of ether oxygens (including phenoxy) is 1. The SMILES string of the molecule is C[C@@H](CC=C(Br)Br)CCC1OC1(C)C. The van der Waals surface area contributed by atoms with Crippen molar-refractivity contribution in [1.29, 1.82) is 0 Å². The molecule has 1 nitrogen and oxygen atoms in total. The van der Waals surface area contributed by atoms with Gasteiger partial charge in [-0.1, -0.05) is 13.0 Å². The summed E-state index contributed by atoms with van der Waals surface area (Å²) in [5, 5.41) is 0. The van der Waals surface area contributed by atoms with Gasteiger partial charge in [0.25, 0.3) is 0 Å². The summed E-state index contributed by atoms with van der Waals surface area (Å²) in [5.74, 6) is 0.736. The molecule has 0 saturated carbocycles. The molecule has 1 fully saturated rings. The van der Waals surface area contributed by atoms with E-state index in [0.717, 1.165) is 15.7 Å². The number of hydrogen-bond donors (Lipinski definition) is 0. The first-order valence-corrected chi connectivity index (χ1v) is 6.69. The summed E-state index contributed by atoms with van der Waals surface area (Å²) in [6.45, 7) is 6.61. The number of rotatable bonds is 5. The number of hydrogen-bond acceptors (Lipinski definition) is 1. The van der Waals surface area contributed by atoms with Crippen LogP contribution in [0.1, 0.15) is 40.0 Å². The lowest BCUT2D eigenvalue weighted by Gasteiger charge is -2.07. The Balaban J connectivity index is 2.10. The maximum atomic E-state index is 5.55. The van der Waals surface area contributed by atoms with Crippen LogP contribution in [0.5, 0.6) is 0 Å². The largest absolute Gasteiger partial charge is 0.367 e. The van der Waals surface area contributed by atoms with E-state index in [1.54, 1.807) is 0 Å². The van der Waals surface area contributed by atoms with Gasteiger partial charge in [0.05, 0.1) is 15.1 Å². The third kappa shape index (κ3) is 4.45. The molecule has 1 aliphatic heterocycles. The van der Waals surface area contributed by atoms with Crippen molar-refractivity contribution in [2.75, 3.05) is 0 Å². The van der Waals surface area contributed by atoms with Gasteiger partial charge in [-0.25, -0.2) is 0 Å².